The summed E-state index contributed by atoms with van der Waals surface area (Å²) in [6, 6.07) is 7.64. The molecule has 25 heavy (non-hydrogen) atoms. The molecule has 130 valence electrons. The van der Waals surface area contributed by atoms with Crippen LogP contribution in [0.1, 0.15) is 17.1 Å². The molecule has 0 aliphatic carbocycles. The number of carbonyl (C=O) groups excluding carboxylic acids is 1. The van der Waals surface area contributed by atoms with Crippen LogP contribution in [0.5, 0.6) is 0 Å². The Balaban J connectivity index is 1.41. The molecule has 1 amide bonds. The van der Waals surface area contributed by atoms with Crippen LogP contribution < -0.4 is 4.90 Å². The second-order valence-electron chi connectivity index (χ2n) is 6.45. The van der Waals surface area contributed by atoms with Crippen molar-refractivity contribution in [3.05, 3.63) is 41.3 Å². The lowest BCUT2D eigenvalue weighted by Crippen LogP contribution is -2.49. The molecular weight excluding hydrogens is 318 g/mol. The Morgan fingerprint density at radius 1 is 1.20 bits per heavy atom. The van der Waals surface area contributed by atoms with Gasteiger partial charge in [-0.3, -0.25) is 9.89 Å². The number of nitrogens with zero attached hydrogens (tertiary/aromatic N) is 4. The Morgan fingerprint density at radius 2 is 1.96 bits per heavy atom. The summed E-state index contributed by atoms with van der Waals surface area (Å²) in [6.45, 7) is 7.07. The summed E-state index contributed by atoms with van der Waals surface area (Å²) in [5.74, 6) is 0.0966. The maximum Gasteiger partial charge on any atom is 0.228 e. The van der Waals surface area contributed by atoms with E-state index in [1.165, 1.54) is 0 Å². The zero-order valence-electron chi connectivity index (χ0n) is 14.5. The number of piperazine rings is 1. The van der Waals surface area contributed by atoms with E-state index in [0.29, 0.717) is 18.8 Å². The highest BCUT2D eigenvalue weighted by molar-refractivity contribution is 5.86. The standard InChI is InChI=1S/C18H21N5O2/c1-12-18(13(2)20-19-12)23-9-7-22(8-10-23)17(24)11-15-14-5-3-4-6-16(14)25-21-15/h3-6H,7-11H2,1-2H3,(H,19,20). The molecule has 4 rings (SSSR count). The monoisotopic (exact) mass is 339 g/mol. The van der Waals surface area contributed by atoms with Gasteiger partial charge in [0.15, 0.2) is 5.58 Å². The molecule has 0 saturated carbocycles. The second-order valence-corrected chi connectivity index (χ2v) is 6.45. The molecule has 0 atom stereocenters. The van der Waals surface area contributed by atoms with Crippen molar-refractivity contribution in [3.63, 3.8) is 0 Å². The van der Waals surface area contributed by atoms with Crippen molar-refractivity contribution in [2.45, 2.75) is 20.3 Å². The number of anilines is 1. The van der Waals surface area contributed by atoms with Crippen molar-refractivity contribution >= 4 is 22.6 Å². The first kappa shape index (κ1) is 15.7. The quantitative estimate of drug-likeness (QED) is 0.790. The molecule has 1 saturated heterocycles. The van der Waals surface area contributed by atoms with Gasteiger partial charge in [-0.1, -0.05) is 17.3 Å². The van der Waals surface area contributed by atoms with Crippen molar-refractivity contribution in [1.82, 2.24) is 20.3 Å². The van der Waals surface area contributed by atoms with E-state index >= 15 is 0 Å². The maximum absolute atomic E-state index is 12.6. The minimum atomic E-state index is 0.0966. The van der Waals surface area contributed by atoms with E-state index in [4.69, 9.17) is 4.52 Å². The van der Waals surface area contributed by atoms with E-state index in [1.54, 1.807) is 0 Å². The van der Waals surface area contributed by atoms with Crippen LogP contribution in [0.3, 0.4) is 0 Å². The number of H-pyrrole nitrogens is 1. The zero-order chi connectivity index (χ0) is 17.4. The third-order valence-corrected chi connectivity index (χ3v) is 4.81. The number of carbonyl (C=O) groups is 1. The van der Waals surface area contributed by atoms with Gasteiger partial charge in [0.25, 0.3) is 0 Å². The molecule has 0 radical (unpaired) electrons. The summed E-state index contributed by atoms with van der Waals surface area (Å²) in [5, 5.41) is 12.3. The molecule has 3 aromatic rings. The van der Waals surface area contributed by atoms with Gasteiger partial charge in [-0.15, -0.1) is 0 Å². The average Bonchev–Trinajstić information content (AvgIpc) is 3.19. The lowest BCUT2D eigenvalue weighted by molar-refractivity contribution is -0.130. The Labute approximate surface area is 145 Å². The average molecular weight is 339 g/mol. The molecule has 1 aliphatic rings. The number of aryl methyl sites for hydroxylation is 2. The molecule has 7 heteroatoms. The fraction of sp³-hybridized carbons (Fsp3) is 0.389. The summed E-state index contributed by atoms with van der Waals surface area (Å²) in [5.41, 5.74) is 4.68. The van der Waals surface area contributed by atoms with Crippen LogP contribution in [0.4, 0.5) is 5.69 Å². The van der Waals surface area contributed by atoms with Crippen LogP contribution in [0.25, 0.3) is 11.0 Å². The molecule has 7 nitrogen and oxygen atoms in total. The summed E-state index contributed by atoms with van der Waals surface area (Å²) < 4.78 is 5.29. The van der Waals surface area contributed by atoms with Crippen LogP contribution in [0.2, 0.25) is 0 Å². The second kappa shape index (κ2) is 6.23. The topological polar surface area (TPSA) is 78.3 Å². The van der Waals surface area contributed by atoms with E-state index in [1.807, 2.05) is 43.0 Å². The largest absolute Gasteiger partial charge is 0.365 e. The summed E-state index contributed by atoms with van der Waals surface area (Å²) in [6.07, 6.45) is 0.279. The van der Waals surface area contributed by atoms with Gasteiger partial charge in [0, 0.05) is 31.6 Å². The molecule has 1 aromatic carbocycles. The molecule has 0 bridgehead atoms. The number of aromatic amines is 1. The summed E-state index contributed by atoms with van der Waals surface area (Å²) >= 11 is 0. The number of rotatable bonds is 3. The van der Waals surface area contributed by atoms with Gasteiger partial charge in [0.2, 0.25) is 5.91 Å². The number of fused-ring (bicyclic) bond motifs is 1. The van der Waals surface area contributed by atoms with Gasteiger partial charge in [0.1, 0.15) is 5.69 Å². The van der Waals surface area contributed by atoms with Gasteiger partial charge in [-0.25, -0.2) is 0 Å². The Morgan fingerprint density at radius 3 is 2.68 bits per heavy atom. The molecule has 1 N–H and O–H groups in total. The Hall–Kier alpha value is -2.83. The normalized spacial score (nSPS) is 15.1. The lowest BCUT2D eigenvalue weighted by Gasteiger charge is -2.36. The number of aromatic nitrogens is 3. The zero-order valence-corrected chi connectivity index (χ0v) is 14.5. The fourth-order valence-electron chi connectivity index (χ4n) is 3.51. The van der Waals surface area contributed by atoms with Gasteiger partial charge in [-0.05, 0) is 26.0 Å². The van der Waals surface area contributed by atoms with Crippen molar-refractivity contribution in [2.24, 2.45) is 0 Å². The molecule has 1 fully saturated rings. The minimum absolute atomic E-state index is 0.0966. The predicted molar refractivity (Wildman–Crippen MR) is 94.6 cm³/mol. The third-order valence-electron chi connectivity index (χ3n) is 4.81. The van der Waals surface area contributed by atoms with Gasteiger partial charge in [-0.2, -0.15) is 5.10 Å². The van der Waals surface area contributed by atoms with Crippen LogP contribution in [0.15, 0.2) is 28.8 Å². The smallest absolute Gasteiger partial charge is 0.228 e. The Bertz CT molecular complexity index is 886. The van der Waals surface area contributed by atoms with Crippen molar-refractivity contribution in [2.75, 3.05) is 31.1 Å². The Kier molecular flexibility index (Phi) is 3.91. The molecule has 0 unspecified atom stereocenters. The fourth-order valence-corrected chi connectivity index (χ4v) is 3.51. The molecule has 1 aliphatic heterocycles. The highest BCUT2D eigenvalue weighted by Gasteiger charge is 2.25. The first-order valence-corrected chi connectivity index (χ1v) is 8.51. The van der Waals surface area contributed by atoms with Gasteiger partial charge >= 0.3 is 0 Å². The SMILES string of the molecule is Cc1n[nH]c(C)c1N1CCN(C(=O)Cc2noc3ccccc23)CC1. The van der Waals surface area contributed by atoms with Gasteiger partial charge < -0.3 is 14.3 Å². The van der Waals surface area contributed by atoms with Crippen LogP contribution in [-0.4, -0.2) is 52.3 Å². The number of amides is 1. The summed E-state index contributed by atoms with van der Waals surface area (Å²) in [4.78, 5) is 16.8. The van der Waals surface area contributed by atoms with Crippen molar-refractivity contribution in [1.29, 1.82) is 0 Å². The molecule has 3 heterocycles. The number of para-hydroxylation sites is 1. The third kappa shape index (κ3) is 2.86. The number of hydrogen-bond acceptors (Lipinski definition) is 5. The lowest BCUT2D eigenvalue weighted by atomic mass is 10.1. The van der Waals surface area contributed by atoms with Crippen molar-refractivity contribution < 1.29 is 9.32 Å². The molecular formula is C18H21N5O2. The number of hydrogen-bond donors (Lipinski definition) is 1. The van der Waals surface area contributed by atoms with E-state index in [-0.39, 0.29) is 12.3 Å². The maximum atomic E-state index is 12.6. The van der Waals surface area contributed by atoms with Crippen LogP contribution in [0, 0.1) is 13.8 Å². The van der Waals surface area contributed by atoms with E-state index in [9.17, 15) is 4.79 Å². The first-order valence-electron chi connectivity index (χ1n) is 8.51. The first-order chi connectivity index (χ1) is 12.1. The molecule has 2 aromatic heterocycles. The van der Waals surface area contributed by atoms with E-state index in [2.05, 4.69) is 20.3 Å². The highest BCUT2D eigenvalue weighted by atomic mass is 16.5. The number of nitrogens with one attached hydrogen (secondary N) is 1. The van der Waals surface area contributed by atoms with Crippen LogP contribution in [-0.2, 0) is 11.2 Å². The summed E-state index contributed by atoms with van der Waals surface area (Å²) in [7, 11) is 0. The van der Waals surface area contributed by atoms with Gasteiger partial charge in [0.05, 0.1) is 23.5 Å². The van der Waals surface area contributed by atoms with Crippen molar-refractivity contribution in [3.8, 4) is 0 Å². The highest BCUT2D eigenvalue weighted by Crippen LogP contribution is 2.24. The van der Waals surface area contributed by atoms with E-state index in [0.717, 1.165) is 41.1 Å². The van der Waals surface area contributed by atoms with E-state index < -0.39 is 0 Å². The minimum Gasteiger partial charge on any atom is -0.365 e. The number of benzene rings is 1. The predicted octanol–water partition coefficient (Wildman–Crippen LogP) is 2.06. The van der Waals surface area contributed by atoms with Crippen LogP contribution >= 0.6 is 0 Å². The molecule has 0 spiro atoms.